The molecule has 1 amide bonds. The second-order valence-corrected chi connectivity index (χ2v) is 8.40. The highest BCUT2D eigenvalue weighted by molar-refractivity contribution is 5.97. The molecule has 35 heavy (non-hydrogen) atoms. The Kier molecular flexibility index (Phi) is 10.7. The van der Waals surface area contributed by atoms with Crippen molar-refractivity contribution in [2.45, 2.75) is 76.9 Å². The van der Waals surface area contributed by atoms with E-state index in [9.17, 15) is 31.1 Å². The highest BCUT2D eigenvalue weighted by Gasteiger charge is 2.30. The van der Waals surface area contributed by atoms with Crippen molar-refractivity contribution in [1.82, 2.24) is 0 Å². The standard InChI is InChI=1S/C25H31F6N3O/c1-2-3-4-5-6-7-8-18(26)21(27)24(35)34-20-14-13-19(22(28)23(20)32)33-15-16-9-11-17(12-10-16)25(29,30)31/h9-14,18,21,33H,2-8,15,32H2,1H3,(H,34,35)/t18-,21+/m0/s1. The number of hydrogen-bond donors (Lipinski definition) is 3. The average molecular weight is 504 g/mol. The van der Waals surface area contributed by atoms with Gasteiger partial charge >= 0.3 is 6.18 Å². The number of alkyl halides is 5. The van der Waals surface area contributed by atoms with E-state index >= 15 is 0 Å². The van der Waals surface area contributed by atoms with E-state index < -0.39 is 41.5 Å². The molecule has 4 N–H and O–H groups in total. The summed E-state index contributed by atoms with van der Waals surface area (Å²) in [6.07, 6.45) is -3.57. The van der Waals surface area contributed by atoms with E-state index in [1.165, 1.54) is 24.3 Å². The van der Waals surface area contributed by atoms with Crippen LogP contribution >= 0.6 is 0 Å². The summed E-state index contributed by atoms with van der Waals surface area (Å²) >= 11 is 0. The Balaban J connectivity index is 1.90. The summed E-state index contributed by atoms with van der Waals surface area (Å²) in [6, 6.07) is 6.81. The number of rotatable bonds is 13. The molecule has 0 saturated heterocycles. The third-order valence-electron chi connectivity index (χ3n) is 5.60. The Labute approximate surface area is 201 Å². The molecule has 0 radical (unpaired) electrons. The number of amides is 1. The van der Waals surface area contributed by atoms with Crippen molar-refractivity contribution in [3.63, 3.8) is 0 Å². The predicted octanol–water partition coefficient (Wildman–Crippen LogP) is 7.40. The number of nitrogens with one attached hydrogen (secondary N) is 2. The van der Waals surface area contributed by atoms with Crippen LogP contribution in [0.2, 0.25) is 0 Å². The Morgan fingerprint density at radius 3 is 2.17 bits per heavy atom. The highest BCUT2D eigenvalue weighted by Crippen LogP contribution is 2.31. The molecule has 0 bridgehead atoms. The largest absolute Gasteiger partial charge is 0.416 e. The number of benzene rings is 2. The molecule has 2 aromatic carbocycles. The summed E-state index contributed by atoms with van der Waals surface area (Å²) in [5, 5.41) is 4.83. The van der Waals surface area contributed by atoms with Gasteiger partial charge in [0.25, 0.3) is 5.91 Å². The van der Waals surface area contributed by atoms with Crippen LogP contribution in [-0.2, 0) is 17.5 Å². The summed E-state index contributed by atoms with van der Waals surface area (Å²) in [5.74, 6) is -2.19. The van der Waals surface area contributed by atoms with Crippen LogP contribution in [0.1, 0.15) is 63.0 Å². The quantitative estimate of drug-likeness (QED) is 0.152. The zero-order valence-corrected chi connectivity index (χ0v) is 19.5. The van der Waals surface area contributed by atoms with E-state index in [4.69, 9.17) is 5.73 Å². The first-order chi connectivity index (χ1) is 16.5. The van der Waals surface area contributed by atoms with Crippen LogP contribution in [0.3, 0.4) is 0 Å². The summed E-state index contributed by atoms with van der Waals surface area (Å²) < 4.78 is 80.9. The van der Waals surface area contributed by atoms with Crippen molar-refractivity contribution in [2.24, 2.45) is 0 Å². The molecular formula is C25H31F6N3O. The maximum Gasteiger partial charge on any atom is 0.416 e. The van der Waals surface area contributed by atoms with Gasteiger partial charge in [-0.05, 0) is 36.2 Å². The van der Waals surface area contributed by atoms with Crippen LogP contribution < -0.4 is 16.4 Å². The van der Waals surface area contributed by atoms with Gasteiger partial charge in [-0.15, -0.1) is 0 Å². The molecule has 0 spiro atoms. The molecule has 2 aromatic rings. The molecule has 0 aliphatic carbocycles. The lowest BCUT2D eigenvalue weighted by Crippen LogP contribution is -2.32. The minimum atomic E-state index is -4.46. The summed E-state index contributed by atoms with van der Waals surface area (Å²) in [4.78, 5) is 12.1. The van der Waals surface area contributed by atoms with Crippen LogP contribution in [0, 0.1) is 5.82 Å². The van der Waals surface area contributed by atoms with E-state index in [0.717, 1.165) is 44.2 Å². The summed E-state index contributed by atoms with van der Waals surface area (Å²) in [7, 11) is 0. The van der Waals surface area contributed by atoms with E-state index in [1.54, 1.807) is 0 Å². The van der Waals surface area contributed by atoms with Gasteiger partial charge in [0.1, 0.15) is 6.17 Å². The SMILES string of the molecule is CCCCCCCC[C@H](F)[C@@H](F)C(=O)Nc1ccc(NCc2ccc(C(F)(F)F)cc2)c(F)c1N. The monoisotopic (exact) mass is 503 g/mol. The molecule has 4 nitrogen and oxygen atoms in total. The van der Waals surface area contributed by atoms with E-state index in [1.807, 2.05) is 0 Å². The minimum absolute atomic E-state index is 0.00866. The van der Waals surface area contributed by atoms with Gasteiger partial charge < -0.3 is 16.4 Å². The van der Waals surface area contributed by atoms with Crippen LogP contribution in [0.4, 0.5) is 43.4 Å². The third-order valence-corrected chi connectivity index (χ3v) is 5.60. The van der Waals surface area contributed by atoms with Crippen LogP contribution in [0.15, 0.2) is 36.4 Å². The maximum atomic E-state index is 14.6. The molecule has 0 aliphatic rings. The van der Waals surface area contributed by atoms with Gasteiger partial charge in [-0.25, -0.2) is 13.2 Å². The second-order valence-electron chi connectivity index (χ2n) is 8.40. The van der Waals surface area contributed by atoms with Gasteiger partial charge in [-0.2, -0.15) is 13.2 Å². The second kappa shape index (κ2) is 13.3. The van der Waals surface area contributed by atoms with Gasteiger partial charge in [-0.3, -0.25) is 4.79 Å². The van der Waals surface area contributed by atoms with E-state index in [0.29, 0.717) is 12.0 Å². The van der Waals surface area contributed by atoms with Gasteiger partial charge in [-0.1, -0.05) is 57.6 Å². The molecule has 2 atom stereocenters. The fourth-order valence-corrected chi connectivity index (χ4v) is 3.48. The fourth-order valence-electron chi connectivity index (χ4n) is 3.48. The Morgan fingerprint density at radius 1 is 0.943 bits per heavy atom. The Bertz CT molecular complexity index is 949. The Morgan fingerprint density at radius 2 is 1.54 bits per heavy atom. The van der Waals surface area contributed by atoms with Crippen LogP contribution in [0.25, 0.3) is 0 Å². The van der Waals surface area contributed by atoms with Gasteiger partial charge in [0, 0.05) is 6.54 Å². The number of nitrogen functional groups attached to an aromatic ring is 1. The number of anilines is 3. The highest BCUT2D eigenvalue weighted by atomic mass is 19.4. The molecule has 0 aromatic heterocycles. The molecular weight excluding hydrogens is 472 g/mol. The molecule has 0 saturated carbocycles. The molecule has 0 unspecified atom stereocenters. The lowest BCUT2D eigenvalue weighted by atomic mass is 10.0. The smallest absolute Gasteiger partial charge is 0.395 e. The topological polar surface area (TPSA) is 67.2 Å². The number of carbonyl (C=O) groups is 1. The number of halogens is 6. The van der Waals surface area contributed by atoms with Crippen molar-refractivity contribution < 1.29 is 31.1 Å². The van der Waals surface area contributed by atoms with Crippen molar-refractivity contribution >= 4 is 23.0 Å². The first-order valence-corrected chi connectivity index (χ1v) is 11.6. The number of hydrogen-bond acceptors (Lipinski definition) is 3. The lowest BCUT2D eigenvalue weighted by molar-refractivity contribution is -0.137. The lowest BCUT2D eigenvalue weighted by Gasteiger charge is -2.16. The molecule has 0 aliphatic heterocycles. The molecule has 194 valence electrons. The molecule has 2 rings (SSSR count). The van der Waals surface area contributed by atoms with Gasteiger partial charge in [0.05, 0.1) is 22.6 Å². The average Bonchev–Trinajstić information content (AvgIpc) is 2.82. The van der Waals surface area contributed by atoms with E-state index in [-0.39, 0.29) is 24.3 Å². The minimum Gasteiger partial charge on any atom is -0.395 e. The summed E-state index contributed by atoms with van der Waals surface area (Å²) in [5.41, 5.74) is 4.63. The van der Waals surface area contributed by atoms with Crippen LogP contribution in [-0.4, -0.2) is 18.3 Å². The zero-order chi connectivity index (χ0) is 26.0. The number of carbonyl (C=O) groups excluding carboxylic acids is 1. The van der Waals surface area contributed by atoms with Crippen molar-refractivity contribution in [3.05, 3.63) is 53.3 Å². The third kappa shape index (κ3) is 8.67. The van der Waals surface area contributed by atoms with Gasteiger partial charge in [0.2, 0.25) is 6.17 Å². The molecule has 0 fully saturated rings. The number of unbranched alkanes of at least 4 members (excludes halogenated alkanes) is 5. The molecule has 10 heteroatoms. The van der Waals surface area contributed by atoms with Crippen LogP contribution in [0.5, 0.6) is 0 Å². The maximum absolute atomic E-state index is 14.6. The van der Waals surface area contributed by atoms with Crippen molar-refractivity contribution in [3.8, 4) is 0 Å². The van der Waals surface area contributed by atoms with Crippen molar-refractivity contribution in [1.29, 1.82) is 0 Å². The Hall–Kier alpha value is -2.91. The van der Waals surface area contributed by atoms with E-state index in [2.05, 4.69) is 17.6 Å². The first kappa shape index (κ1) is 28.3. The van der Waals surface area contributed by atoms with Crippen molar-refractivity contribution in [2.75, 3.05) is 16.4 Å². The number of nitrogens with two attached hydrogens (primary N) is 1. The predicted molar refractivity (Wildman–Crippen MR) is 126 cm³/mol. The summed E-state index contributed by atoms with van der Waals surface area (Å²) in [6.45, 7) is 2.09. The van der Waals surface area contributed by atoms with Gasteiger partial charge in [0.15, 0.2) is 5.82 Å². The zero-order valence-electron chi connectivity index (χ0n) is 19.5. The normalized spacial score (nSPS) is 13.3. The first-order valence-electron chi connectivity index (χ1n) is 11.6. The molecule has 0 heterocycles. The fraction of sp³-hybridized carbons (Fsp3) is 0.480.